The van der Waals surface area contributed by atoms with Gasteiger partial charge in [-0.3, -0.25) is 0 Å². The molecule has 0 heterocycles. The summed E-state index contributed by atoms with van der Waals surface area (Å²) in [6.07, 6.45) is 0. The van der Waals surface area contributed by atoms with Crippen molar-refractivity contribution in [2.45, 2.75) is 4.87 Å². The van der Waals surface area contributed by atoms with Gasteiger partial charge in [-0.05, 0) is 53.1 Å². The quantitative estimate of drug-likeness (QED) is 0.430. The number of rotatable bonds is 3. The molecule has 4 heteroatoms. The van der Waals surface area contributed by atoms with Gasteiger partial charge in [-0.15, -0.1) is 11.6 Å². The van der Waals surface area contributed by atoms with Gasteiger partial charge in [-0.1, -0.05) is 36.4 Å². The molecule has 0 radical (unpaired) electrons. The van der Waals surface area contributed by atoms with Gasteiger partial charge in [0, 0.05) is 0 Å². The molecule has 0 saturated heterocycles. The van der Waals surface area contributed by atoms with Gasteiger partial charge in [0.25, 0.3) is 0 Å². The van der Waals surface area contributed by atoms with Gasteiger partial charge >= 0.3 is 0 Å². The summed E-state index contributed by atoms with van der Waals surface area (Å²) in [4.78, 5) is -1.17. The summed E-state index contributed by atoms with van der Waals surface area (Å²) < 4.78 is 39.7. The highest BCUT2D eigenvalue weighted by Gasteiger charge is 2.34. The van der Waals surface area contributed by atoms with Gasteiger partial charge in [-0.25, -0.2) is 13.2 Å². The van der Waals surface area contributed by atoms with Crippen LogP contribution in [0, 0.1) is 17.5 Å². The van der Waals surface area contributed by atoms with Gasteiger partial charge in [0.05, 0.1) is 0 Å². The van der Waals surface area contributed by atoms with E-state index in [1.807, 2.05) is 0 Å². The van der Waals surface area contributed by atoms with Gasteiger partial charge in [0.1, 0.15) is 22.3 Å². The standard InChI is InChI=1S/C19H12ClF3/c20-19(13-1-7-16(21)8-2-13,14-3-9-17(22)10-4-14)15-5-11-18(23)12-6-15/h1-12H. The summed E-state index contributed by atoms with van der Waals surface area (Å²) >= 11 is 6.91. The van der Waals surface area contributed by atoms with Crippen LogP contribution in [0.3, 0.4) is 0 Å². The summed E-state index contributed by atoms with van der Waals surface area (Å²) in [7, 11) is 0. The van der Waals surface area contributed by atoms with Crippen LogP contribution in [-0.2, 0) is 4.87 Å². The van der Waals surface area contributed by atoms with Crippen molar-refractivity contribution in [2.75, 3.05) is 0 Å². The zero-order chi connectivity index (χ0) is 16.4. The molecular formula is C19H12ClF3. The second kappa shape index (κ2) is 6.09. The lowest BCUT2D eigenvalue weighted by Gasteiger charge is -2.29. The molecule has 116 valence electrons. The Balaban J connectivity index is 2.21. The zero-order valence-corrected chi connectivity index (χ0v) is 12.7. The minimum absolute atomic E-state index is 0.383. The van der Waals surface area contributed by atoms with Crippen LogP contribution in [0.2, 0.25) is 0 Å². The first-order valence-corrected chi connectivity index (χ1v) is 7.35. The summed E-state index contributed by atoms with van der Waals surface area (Å²) in [6, 6.07) is 17.2. The minimum atomic E-state index is -1.17. The van der Waals surface area contributed by atoms with E-state index in [0.29, 0.717) is 16.7 Å². The second-order valence-electron chi connectivity index (χ2n) is 5.18. The average molecular weight is 333 g/mol. The Morgan fingerprint density at radius 1 is 0.478 bits per heavy atom. The van der Waals surface area contributed by atoms with E-state index in [2.05, 4.69) is 0 Å². The van der Waals surface area contributed by atoms with Crippen LogP contribution < -0.4 is 0 Å². The Labute approximate surface area is 137 Å². The van der Waals surface area contributed by atoms with Crippen molar-refractivity contribution < 1.29 is 13.2 Å². The summed E-state index contributed by atoms with van der Waals surface area (Å²) in [5.74, 6) is -1.15. The highest BCUT2D eigenvalue weighted by atomic mass is 35.5. The largest absolute Gasteiger partial charge is 0.207 e. The van der Waals surface area contributed by atoms with Crippen molar-refractivity contribution in [3.05, 3.63) is 107 Å². The van der Waals surface area contributed by atoms with E-state index in [1.54, 1.807) is 36.4 Å². The molecule has 0 bridgehead atoms. The van der Waals surface area contributed by atoms with E-state index in [1.165, 1.54) is 36.4 Å². The van der Waals surface area contributed by atoms with Crippen molar-refractivity contribution in [1.82, 2.24) is 0 Å². The normalized spacial score (nSPS) is 11.5. The topological polar surface area (TPSA) is 0 Å². The van der Waals surface area contributed by atoms with Crippen LogP contribution >= 0.6 is 11.6 Å². The molecule has 3 aromatic carbocycles. The number of benzene rings is 3. The highest BCUT2D eigenvalue weighted by Crippen LogP contribution is 2.43. The predicted octanol–water partition coefficient (Wildman–Crippen LogP) is 5.63. The van der Waals surface area contributed by atoms with Crippen molar-refractivity contribution >= 4 is 11.6 Å². The smallest absolute Gasteiger partial charge is 0.123 e. The van der Waals surface area contributed by atoms with Crippen LogP contribution in [0.5, 0.6) is 0 Å². The molecule has 3 aromatic rings. The maximum atomic E-state index is 13.2. The number of alkyl halides is 1. The molecule has 0 N–H and O–H groups in total. The van der Waals surface area contributed by atoms with Crippen LogP contribution in [0.15, 0.2) is 72.8 Å². The number of halogens is 4. The highest BCUT2D eigenvalue weighted by molar-refractivity contribution is 6.28. The van der Waals surface area contributed by atoms with Crippen LogP contribution in [-0.4, -0.2) is 0 Å². The van der Waals surface area contributed by atoms with E-state index in [-0.39, 0.29) is 17.5 Å². The maximum Gasteiger partial charge on any atom is 0.123 e. The molecule has 23 heavy (non-hydrogen) atoms. The first-order valence-electron chi connectivity index (χ1n) is 6.97. The molecule has 0 aliphatic heterocycles. The van der Waals surface area contributed by atoms with Crippen LogP contribution in [0.4, 0.5) is 13.2 Å². The van der Waals surface area contributed by atoms with Crippen molar-refractivity contribution in [3.63, 3.8) is 0 Å². The van der Waals surface area contributed by atoms with E-state index < -0.39 is 4.87 Å². The lowest BCUT2D eigenvalue weighted by atomic mass is 9.84. The fraction of sp³-hybridized carbons (Fsp3) is 0.0526. The Morgan fingerprint density at radius 3 is 0.913 bits per heavy atom. The Bertz CT molecular complexity index is 683. The second-order valence-corrected chi connectivity index (χ2v) is 5.75. The zero-order valence-electron chi connectivity index (χ0n) is 11.9. The third-order valence-corrected chi connectivity index (χ3v) is 4.38. The molecule has 0 unspecified atom stereocenters. The summed E-state index contributed by atoms with van der Waals surface area (Å²) in [5.41, 5.74) is 1.83. The third-order valence-electron chi connectivity index (χ3n) is 3.73. The average Bonchev–Trinajstić information content (AvgIpc) is 2.56. The lowest BCUT2D eigenvalue weighted by molar-refractivity contribution is 0.623. The van der Waals surface area contributed by atoms with E-state index in [0.717, 1.165) is 0 Å². The minimum Gasteiger partial charge on any atom is -0.207 e. The Morgan fingerprint density at radius 2 is 0.696 bits per heavy atom. The van der Waals surface area contributed by atoms with Crippen molar-refractivity contribution in [3.8, 4) is 0 Å². The van der Waals surface area contributed by atoms with Gasteiger partial charge in [0.2, 0.25) is 0 Å². The maximum absolute atomic E-state index is 13.2. The SMILES string of the molecule is Fc1ccc(C(Cl)(c2ccc(F)cc2)c2ccc(F)cc2)cc1. The molecule has 0 spiro atoms. The molecule has 0 fully saturated rings. The van der Waals surface area contributed by atoms with Crippen molar-refractivity contribution in [1.29, 1.82) is 0 Å². The number of hydrogen-bond acceptors (Lipinski definition) is 0. The molecule has 0 nitrogen and oxygen atoms in total. The lowest BCUT2D eigenvalue weighted by Crippen LogP contribution is -2.22. The molecule has 0 aromatic heterocycles. The first-order chi connectivity index (χ1) is 11.0. The molecule has 0 aliphatic rings. The molecular weight excluding hydrogens is 321 g/mol. The fourth-order valence-corrected chi connectivity index (χ4v) is 2.92. The van der Waals surface area contributed by atoms with E-state index in [4.69, 9.17) is 11.6 Å². The predicted molar refractivity (Wildman–Crippen MR) is 84.9 cm³/mol. The van der Waals surface area contributed by atoms with Gasteiger partial charge in [0.15, 0.2) is 0 Å². The van der Waals surface area contributed by atoms with Crippen LogP contribution in [0.1, 0.15) is 16.7 Å². The molecule has 0 saturated carbocycles. The summed E-state index contributed by atoms with van der Waals surface area (Å²) in [5, 5.41) is 0. The first kappa shape index (κ1) is 15.6. The van der Waals surface area contributed by atoms with Crippen LogP contribution in [0.25, 0.3) is 0 Å². The molecule has 0 atom stereocenters. The molecule has 0 amide bonds. The molecule has 3 rings (SSSR count). The molecule has 0 aliphatic carbocycles. The fourth-order valence-electron chi connectivity index (χ4n) is 2.54. The van der Waals surface area contributed by atoms with E-state index in [9.17, 15) is 13.2 Å². The number of hydrogen-bond donors (Lipinski definition) is 0. The van der Waals surface area contributed by atoms with Gasteiger partial charge in [-0.2, -0.15) is 0 Å². The monoisotopic (exact) mass is 332 g/mol. The van der Waals surface area contributed by atoms with Crippen molar-refractivity contribution in [2.24, 2.45) is 0 Å². The van der Waals surface area contributed by atoms with E-state index >= 15 is 0 Å². The Hall–Kier alpha value is -2.26. The Kier molecular flexibility index (Phi) is 4.14. The summed E-state index contributed by atoms with van der Waals surface area (Å²) in [6.45, 7) is 0. The third kappa shape index (κ3) is 2.97. The van der Waals surface area contributed by atoms with Gasteiger partial charge < -0.3 is 0 Å².